The van der Waals surface area contributed by atoms with Gasteiger partial charge in [0, 0.05) is 0 Å². The lowest BCUT2D eigenvalue weighted by Gasteiger charge is -2.14. The van der Waals surface area contributed by atoms with Crippen LogP contribution in [0.1, 0.15) is 45.1 Å². The molecule has 4 heteroatoms. The summed E-state index contributed by atoms with van der Waals surface area (Å²) < 4.78 is 10.4. The van der Waals surface area contributed by atoms with E-state index in [1.165, 1.54) is 6.08 Å². The van der Waals surface area contributed by atoms with Crippen LogP contribution >= 0.6 is 0 Å². The van der Waals surface area contributed by atoms with E-state index in [-0.39, 0.29) is 5.57 Å². The topological polar surface area (TPSA) is 59.3 Å². The highest BCUT2D eigenvalue weighted by molar-refractivity contribution is 5.97. The van der Waals surface area contributed by atoms with Crippen LogP contribution in [0.4, 0.5) is 0 Å². The predicted molar refractivity (Wildman–Crippen MR) is 90.8 cm³/mol. The van der Waals surface area contributed by atoms with E-state index in [4.69, 9.17) is 9.47 Å². The van der Waals surface area contributed by atoms with Crippen LogP contribution in [-0.4, -0.2) is 19.7 Å². The van der Waals surface area contributed by atoms with Crippen LogP contribution in [0.5, 0.6) is 5.75 Å². The zero-order valence-electron chi connectivity index (χ0n) is 14.2. The van der Waals surface area contributed by atoms with Crippen LogP contribution in [0.25, 0.3) is 6.08 Å². The molecule has 0 aliphatic rings. The number of hydrogen-bond acceptors (Lipinski definition) is 4. The molecule has 1 aromatic carbocycles. The zero-order chi connectivity index (χ0) is 17.1. The highest BCUT2D eigenvalue weighted by atomic mass is 16.5. The van der Waals surface area contributed by atoms with Crippen LogP contribution in [-0.2, 0) is 9.53 Å². The Hall–Kier alpha value is -2.28. The first-order valence-corrected chi connectivity index (χ1v) is 8.07. The predicted octanol–water partition coefficient (Wildman–Crippen LogP) is 4.36. The molecule has 0 bridgehead atoms. The van der Waals surface area contributed by atoms with E-state index in [2.05, 4.69) is 13.8 Å². The zero-order valence-corrected chi connectivity index (χ0v) is 14.2. The van der Waals surface area contributed by atoms with Crippen molar-refractivity contribution >= 4 is 12.0 Å². The number of carbonyl (C=O) groups excluding carboxylic acids is 1. The van der Waals surface area contributed by atoms with Crippen LogP contribution in [0.2, 0.25) is 0 Å². The molecule has 1 atom stereocenters. The maximum absolute atomic E-state index is 12.1. The first kappa shape index (κ1) is 18.8. The lowest BCUT2D eigenvalue weighted by atomic mass is 10.0. The number of carbonyl (C=O) groups is 1. The summed E-state index contributed by atoms with van der Waals surface area (Å²) in [5, 5.41) is 9.18. The van der Waals surface area contributed by atoms with Gasteiger partial charge in [0.15, 0.2) is 0 Å². The molecule has 0 N–H and O–H groups in total. The highest BCUT2D eigenvalue weighted by Gasteiger charge is 2.14. The number of nitrogens with zero attached hydrogens (tertiary/aromatic N) is 1. The van der Waals surface area contributed by atoms with Crippen molar-refractivity contribution in [3.05, 3.63) is 35.4 Å². The Morgan fingerprint density at radius 3 is 2.52 bits per heavy atom. The third-order valence-electron chi connectivity index (χ3n) is 3.76. The Bertz CT molecular complexity index is 555. The number of hydrogen-bond donors (Lipinski definition) is 0. The molecule has 0 fully saturated rings. The number of unbranched alkanes of at least 4 members (excludes halogenated alkanes) is 1. The van der Waals surface area contributed by atoms with Crippen molar-refractivity contribution in [1.29, 1.82) is 5.26 Å². The molecule has 1 unspecified atom stereocenters. The second kappa shape index (κ2) is 10.4. The monoisotopic (exact) mass is 315 g/mol. The van der Waals surface area contributed by atoms with E-state index < -0.39 is 5.97 Å². The molecule has 1 aromatic rings. The summed E-state index contributed by atoms with van der Waals surface area (Å²) in [6.07, 6.45) is 5.81. The maximum atomic E-state index is 12.1. The van der Waals surface area contributed by atoms with Crippen molar-refractivity contribution < 1.29 is 14.3 Å². The first-order valence-electron chi connectivity index (χ1n) is 8.07. The fraction of sp³-hybridized carbons (Fsp3) is 0.474. The van der Waals surface area contributed by atoms with Gasteiger partial charge in [-0.2, -0.15) is 5.26 Å². The molecular weight excluding hydrogens is 290 g/mol. The number of benzene rings is 1. The number of rotatable bonds is 9. The van der Waals surface area contributed by atoms with E-state index in [1.807, 2.05) is 6.07 Å². The van der Waals surface area contributed by atoms with Gasteiger partial charge in [-0.3, -0.25) is 0 Å². The molecule has 0 aromatic heterocycles. The van der Waals surface area contributed by atoms with Crippen LogP contribution in [0.15, 0.2) is 29.8 Å². The molecule has 0 amide bonds. The number of methoxy groups -OCH3 is 1. The fourth-order valence-electron chi connectivity index (χ4n) is 2.17. The first-order chi connectivity index (χ1) is 11.1. The third kappa shape index (κ3) is 6.56. The van der Waals surface area contributed by atoms with E-state index in [0.29, 0.717) is 12.5 Å². The summed E-state index contributed by atoms with van der Waals surface area (Å²) in [5.41, 5.74) is 0.776. The fourth-order valence-corrected chi connectivity index (χ4v) is 2.17. The van der Waals surface area contributed by atoms with Gasteiger partial charge in [0.25, 0.3) is 0 Å². The average Bonchev–Trinajstić information content (AvgIpc) is 2.60. The Morgan fingerprint density at radius 1 is 1.30 bits per heavy atom. The lowest BCUT2D eigenvalue weighted by Crippen LogP contribution is -2.14. The molecule has 0 spiro atoms. The summed E-state index contributed by atoms with van der Waals surface area (Å²) in [6.45, 7) is 4.60. The Kier molecular flexibility index (Phi) is 8.52. The van der Waals surface area contributed by atoms with Crippen LogP contribution < -0.4 is 4.74 Å². The van der Waals surface area contributed by atoms with E-state index in [9.17, 15) is 10.1 Å². The second-order valence-electron chi connectivity index (χ2n) is 5.46. The van der Waals surface area contributed by atoms with E-state index in [0.717, 1.165) is 37.0 Å². The molecule has 0 saturated heterocycles. The van der Waals surface area contributed by atoms with Gasteiger partial charge in [-0.25, -0.2) is 4.79 Å². The Balaban J connectivity index is 2.66. The average molecular weight is 315 g/mol. The minimum absolute atomic E-state index is 0.0144. The van der Waals surface area contributed by atoms with Crippen LogP contribution in [0, 0.1) is 17.2 Å². The standard InChI is InChI=1S/C19H25NO3/c1-4-6-7-15(5-2)14-23-19(21)17(13-20)12-16-8-10-18(22-3)11-9-16/h8-12,15H,4-7,14H2,1-3H3/b17-12-. The van der Waals surface area contributed by atoms with E-state index in [1.54, 1.807) is 31.4 Å². The van der Waals surface area contributed by atoms with Crippen molar-refractivity contribution in [3.8, 4) is 11.8 Å². The molecule has 0 saturated carbocycles. The SMILES string of the molecule is CCCCC(CC)COC(=O)/C(C#N)=C\c1ccc(OC)cc1. The van der Waals surface area contributed by atoms with Gasteiger partial charge in [0.2, 0.25) is 0 Å². The van der Waals surface area contributed by atoms with Crippen molar-refractivity contribution in [1.82, 2.24) is 0 Å². The van der Waals surface area contributed by atoms with Gasteiger partial charge in [-0.15, -0.1) is 0 Å². The molecule has 0 aliphatic carbocycles. The molecule has 0 radical (unpaired) electrons. The smallest absolute Gasteiger partial charge is 0.348 e. The molecule has 1 rings (SSSR count). The normalized spacial score (nSPS) is 12.3. The number of esters is 1. The van der Waals surface area contributed by atoms with Gasteiger partial charge in [0.05, 0.1) is 13.7 Å². The number of nitriles is 1. The van der Waals surface area contributed by atoms with Gasteiger partial charge < -0.3 is 9.47 Å². The van der Waals surface area contributed by atoms with Crippen molar-refractivity contribution in [2.75, 3.05) is 13.7 Å². The highest BCUT2D eigenvalue weighted by Crippen LogP contribution is 2.16. The lowest BCUT2D eigenvalue weighted by molar-refractivity contribution is -0.139. The van der Waals surface area contributed by atoms with Gasteiger partial charge >= 0.3 is 5.97 Å². The van der Waals surface area contributed by atoms with Gasteiger partial charge in [0.1, 0.15) is 17.4 Å². The minimum atomic E-state index is -0.557. The van der Waals surface area contributed by atoms with Crippen molar-refractivity contribution in [2.45, 2.75) is 39.5 Å². The quantitative estimate of drug-likeness (QED) is 0.386. The molecule has 0 heterocycles. The summed E-state index contributed by atoms with van der Waals surface area (Å²) in [6, 6.07) is 9.07. The van der Waals surface area contributed by atoms with Gasteiger partial charge in [-0.1, -0.05) is 45.2 Å². The summed E-state index contributed by atoms with van der Waals surface area (Å²) in [4.78, 5) is 12.1. The second-order valence-corrected chi connectivity index (χ2v) is 5.46. The summed E-state index contributed by atoms with van der Waals surface area (Å²) in [7, 11) is 1.59. The summed E-state index contributed by atoms with van der Waals surface area (Å²) in [5.74, 6) is 0.531. The van der Waals surface area contributed by atoms with Crippen molar-refractivity contribution in [2.24, 2.45) is 5.92 Å². The maximum Gasteiger partial charge on any atom is 0.348 e. The molecule has 0 aliphatic heterocycles. The molecular formula is C19H25NO3. The molecule has 23 heavy (non-hydrogen) atoms. The van der Waals surface area contributed by atoms with Gasteiger partial charge in [-0.05, 0) is 36.1 Å². The third-order valence-corrected chi connectivity index (χ3v) is 3.76. The van der Waals surface area contributed by atoms with E-state index >= 15 is 0 Å². The molecule has 4 nitrogen and oxygen atoms in total. The van der Waals surface area contributed by atoms with Crippen molar-refractivity contribution in [3.63, 3.8) is 0 Å². The summed E-state index contributed by atoms with van der Waals surface area (Å²) >= 11 is 0. The largest absolute Gasteiger partial charge is 0.497 e. The number of ether oxygens (including phenoxy) is 2. The Morgan fingerprint density at radius 2 is 2.00 bits per heavy atom. The van der Waals surface area contributed by atoms with Crippen LogP contribution in [0.3, 0.4) is 0 Å². The Labute approximate surface area is 138 Å². The minimum Gasteiger partial charge on any atom is -0.497 e. The molecule has 124 valence electrons.